The minimum Gasteiger partial charge on any atom is -0.481 e. The maximum Gasteiger partial charge on any atom is 0.305 e. The number of carboxylic acids is 1. The lowest BCUT2D eigenvalue weighted by molar-refractivity contribution is -0.385. The Morgan fingerprint density at radius 1 is 1.52 bits per heavy atom. The molecule has 0 bridgehead atoms. The molecular formula is C14H17N3O4. The van der Waals surface area contributed by atoms with Gasteiger partial charge in [-0.05, 0) is 17.5 Å². The second-order valence-corrected chi connectivity index (χ2v) is 5.76. The molecule has 0 heterocycles. The van der Waals surface area contributed by atoms with E-state index in [0.29, 0.717) is 5.69 Å². The summed E-state index contributed by atoms with van der Waals surface area (Å²) in [6, 6.07) is 5.47. The zero-order valence-corrected chi connectivity index (χ0v) is 12.1. The Kier molecular flexibility index (Phi) is 4.87. The average Bonchev–Trinajstić information content (AvgIpc) is 2.35. The highest BCUT2D eigenvalue weighted by Gasteiger charge is 2.27. The molecule has 1 aromatic carbocycles. The number of carbonyl (C=O) groups is 1. The van der Waals surface area contributed by atoms with Crippen LogP contribution in [0.2, 0.25) is 0 Å². The van der Waals surface area contributed by atoms with Crippen LogP contribution in [0.4, 0.5) is 11.4 Å². The molecule has 0 saturated carbocycles. The lowest BCUT2D eigenvalue weighted by Crippen LogP contribution is -2.36. The molecule has 0 amide bonds. The molecule has 0 aliphatic carbocycles. The van der Waals surface area contributed by atoms with Gasteiger partial charge in [0, 0.05) is 17.8 Å². The Morgan fingerprint density at radius 3 is 2.57 bits per heavy atom. The van der Waals surface area contributed by atoms with Crippen LogP contribution in [0.15, 0.2) is 18.2 Å². The first-order valence-electron chi connectivity index (χ1n) is 6.32. The lowest BCUT2D eigenvalue weighted by Gasteiger charge is -2.31. The van der Waals surface area contributed by atoms with Crippen LogP contribution in [0.5, 0.6) is 0 Å². The predicted molar refractivity (Wildman–Crippen MR) is 76.9 cm³/mol. The van der Waals surface area contributed by atoms with E-state index in [1.54, 1.807) is 6.07 Å². The van der Waals surface area contributed by atoms with Crippen LogP contribution in [0.25, 0.3) is 0 Å². The van der Waals surface area contributed by atoms with Crippen LogP contribution in [0.3, 0.4) is 0 Å². The van der Waals surface area contributed by atoms with Crippen molar-refractivity contribution < 1.29 is 14.8 Å². The molecule has 2 N–H and O–H groups in total. The molecule has 0 aromatic heterocycles. The van der Waals surface area contributed by atoms with Crippen molar-refractivity contribution in [1.82, 2.24) is 0 Å². The van der Waals surface area contributed by atoms with Crippen molar-refractivity contribution in [2.45, 2.75) is 33.2 Å². The molecule has 7 nitrogen and oxygen atoms in total. The minimum atomic E-state index is -0.940. The molecule has 112 valence electrons. The third-order valence-electron chi connectivity index (χ3n) is 3.08. The van der Waals surface area contributed by atoms with Crippen molar-refractivity contribution in [2.75, 3.05) is 5.32 Å². The smallest absolute Gasteiger partial charge is 0.305 e. The van der Waals surface area contributed by atoms with E-state index < -0.39 is 10.9 Å². The van der Waals surface area contributed by atoms with E-state index in [4.69, 9.17) is 10.4 Å². The molecule has 7 heteroatoms. The van der Waals surface area contributed by atoms with Gasteiger partial charge < -0.3 is 10.4 Å². The summed E-state index contributed by atoms with van der Waals surface area (Å²) in [5.41, 5.74) is -0.174. The van der Waals surface area contributed by atoms with Crippen molar-refractivity contribution in [3.63, 3.8) is 0 Å². The molecule has 0 spiro atoms. The molecule has 21 heavy (non-hydrogen) atoms. The van der Waals surface area contributed by atoms with Crippen LogP contribution >= 0.6 is 0 Å². The molecule has 0 saturated heterocycles. The van der Waals surface area contributed by atoms with Crippen LogP contribution in [-0.2, 0) is 4.79 Å². The van der Waals surface area contributed by atoms with E-state index in [1.165, 1.54) is 18.2 Å². The minimum absolute atomic E-state index is 0.0621. The van der Waals surface area contributed by atoms with Gasteiger partial charge in [0.15, 0.2) is 0 Å². The van der Waals surface area contributed by atoms with Gasteiger partial charge in [-0.1, -0.05) is 20.8 Å². The van der Waals surface area contributed by atoms with E-state index in [1.807, 2.05) is 20.8 Å². The van der Waals surface area contributed by atoms with E-state index >= 15 is 0 Å². The highest BCUT2D eigenvalue weighted by atomic mass is 16.6. The van der Waals surface area contributed by atoms with Crippen molar-refractivity contribution in [1.29, 1.82) is 5.26 Å². The SMILES string of the molecule is CC(C)(C)C(CC(=O)O)Nc1ccc([N+](=O)[O-])c(C#N)c1. The van der Waals surface area contributed by atoms with Crippen LogP contribution in [-0.4, -0.2) is 22.0 Å². The van der Waals surface area contributed by atoms with Gasteiger partial charge in [0.25, 0.3) is 5.69 Å². The summed E-state index contributed by atoms with van der Waals surface area (Å²) in [6.07, 6.45) is -0.0949. The van der Waals surface area contributed by atoms with Crippen LogP contribution < -0.4 is 5.32 Å². The van der Waals surface area contributed by atoms with Crippen molar-refractivity contribution in [2.24, 2.45) is 5.41 Å². The number of rotatable bonds is 5. The van der Waals surface area contributed by atoms with E-state index in [2.05, 4.69) is 5.32 Å². The number of carboxylic acid groups (broad SMARTS) is 1. The molecule has 0 aliphatic rings. The van der Waals surface area contributed by atoms with Gasteiger partial charge in [0.1, 0.15) is 11.6 Å². The monoisotopic (exact) mass is 291 g/mol. The third kappa shape index (κ3) is 4.45. The summed E-state index contributed by atoms with van der Waals surface area (Å²) in [5, 5.41) is 31.7. The zero-order chi connectivity index (χ0) is 16.2. The van der Waals surface area contributed by atoms with E-state index in [-0.39, 0.29) is 29.1 Å². The first-order chi connectivity index (χ1) is 9.65. The van der Waals surface area contributed by atoms with Crippen LogP contribution in [0, 0.1) is 26.9 Å². The van der Waals surface area contributed by atoms with Crippen molar-refractivity contribution in [3.8, 4) is 6.07 Å². The maximum absolute atomic E-state index is 10.9. The van der Waals surface area contributed by atoms with Gasteiger partial charge in [0.2, 0.25) is 0 Å². The summed E-state index contributed by atoms with van der Waals surface area (Å²) < 4.78 is 0. The summed E-state index contributed by atoms with van der Waals surface area (Å²) >= 11 is 0. The molecular weight excluding hydrogens is 274 g/mol. The van der Waals surface area contributed by atoms with Gasteiger partial charge in [-0.25, -0.2) is 0 Å². The average molecular weight is 291 g/mol. The number of anilines is 1. The summed E-state index contributed by atoms with van der Waals surface area (Å²) in [5.74, 6) is -0.940. The van der Waals surface area contributed by atoms with Gasteiger partial charge in [0.05, 0.1) is 11.3 Å². The van der Waals surface area contributed by atoms with Gasteiger partial charge in [-0.2, -0.15) is 5.26 Å². The number of hydrogen-bond acceptors (Lipinski definition) is 5. The molecule has 0 fully saturated rings. The lowest BCUT2D eigenvalue weighted by atomic mass is 9.84. The Labute approximate surface area is 122 Å². The maximum atomic E-state index is 10.9. The van der Waals surface area contributed by atoms with Gasteiger partial charge in [-0.3, -0.25) is 14.9 Å². The Balaban J connectivity index is 3.08. The third-order valence-corrected chi connectivity index (χ3v) is 3.08. The number of nitrogens with zero attached hydrogens (tertiary/aromatic N) is 2. The topological polar surface area (TPSA) is 116 Å². The fraction of sp³-hybridized carbons (Fsp3) is 0.429. The first kappa shape index (κ1) is 16.4. The number of aliphatic carboxylic acids is 1. The molecule has 1 aromatic rings. The zero-order valence-electron chi connectivity index (χ0n) is 12.1. The fourth-order valence-electron chi connectivity index (χ4n) is 1.82. The standard InChI is InChI=1S/C14H17N3O4/c1-14(2,3)12(7-13(18)19)16-10-4-5-11(17(20)21)9(6-10)8-15/h4-6,12,16H,7H2,1-3H3,(H,18,19). The highest BCUT2D eigenvalue weighted by molar-refractivity contribution is 5.69. The van der Waals surface area contributed by atoms with Crippen LogP contribution in [0.1, 0.15) is 32.8 Å². The number of nitro benzene ring substituents is 1. The number of nitrogens with one attached hydrogen (secondary N) is 1. The van der Waals surface area contributed by atoms with Crippen molar-refractivity contribution in [3.05, 3.63) is 33.9 Å². The largest absolute Gasteiger partial charge is 0.481 e. The number of hydrogen-bond donors (Lipinski definition) is 2. The molecule has 0 radical (unpaired) electrons. The number of benzene rings is 1. The molecule has 1 atom stereocenters. The van der Waals surface area contributed by atoms with Gasteiger partial charge in [-0.15, -0.1) is 0 Å². The predicted octanol–water partition coefficient (Wildman–Crippen LogP) is 2.77. The quantitative estimate of drug-likeness (QED) is 0.636. The first-order valence-corrected chi connectivity index (χ1v) is 6.32. The summed E-state index contributed by atoms with van der Waals surface area (Å²) in [6.45, 7) is 5.68. The number of nitro groups is 1. The summed E-state index contributed by atoms with van der Waals surface area (Å²) in [4.78, 5) is 21.1. The fourth-order valence-corrected chi connectivity index (χ4v) is 1.82. The molecule has 1 rings (SSSR count). The van der Waals surface area contributed by atoms with E-state index in [0.717, 1.165) is 0 Å². The van der Waals surface area contributed by atoms with E-state index in [9.17, 15) is 14.9 Å². The summed E-state index contributed by atoms with van der Waals surface area (Å²) in [7, 11) is 0. The molecule has 0 aliphatic heterocycles. The highest BCUT2D eigenvalue weighted by Crippen LogP contribution is 2.28. The van der Waals surface area contributed by atoms with Gasteiger partial charge >= 0.3 is 5.97 Å². The second-order valence-electron chi connectivity index (χ2n) is 5.76. The van der Waals surface area contributed by atoms with Crippen molar-refractivity contribution >= 4 is 17.3 Å². The Morgan fingerprint density at radius 2 is 2.14 bits per heavy atom. The number of nitriles is 1. The normalized spacial score (nSPS) is 12.3. The second kappa shape index (κ2) is 6.22. The Bertz CT molecular complexity index is 599. The molecule has 1 unspecified atom stereocenters. The Hall–Kier alpha value is -2.62.